The molecule has 4 aromatic carbocycles. The smallest absolute Gasteiger partial charge is 0.0166 e. The average molecular weight is 274 g/mol. The monoisotopic (exact) mass is 274 g/mol. The topological polar surface area (TPSA) is 0 Å². The predicted octanol–water partition coefficient (Wildman–Crippen LogP) is 5.58. The first kappa shape index (κ1) is 11.8. The Morgan fingerprint density at radius 3 is 2.10 bits per heavy atom. The van der Waals surface area contributed by atoms with Crippen molar-refractivity contribution in [3.63, 3.8) is 0 Å². The molecule has 4 rings (SSSR count). The van der Waals surface area contributed by atoms with Crippen molar-refractivity contribution in [2.45, 2.75) is 5.75 Å². The van der Waals surface area contributed by atoms with E-state index in [9.17, 15) is 0 Å². The van der Waals surface area contributed by atoms with Gasteiger partial charge >= 0.3 is 0 Å². The van der Waals surface area contributed by atoms with E-state index in [2.05, 4.69) is 79.4 Å². The molecule has 96 valence electrons. The van der Waals surface area contributed by atoms with Gasteiger partial charge in [0, 0.05) is 5.75 Å². The molecule has 0 heterocycles. The summed E-state index contributed by atoms with van der Waals surface area (Å²) in [4.78, 5) is 0. The van der Waals surface area contributed by atoms with Gasteiger partial charge in [-0.3, -0.25) is 0 Å². The Hall–Kier alpha value is -1.99. The SMILES string of the molecule is SCc1c2ccccc2cc2c1ccc1ccccc12. The maximum absolute atomic E-state index is 4.56. The van der Waals surface area contributed by atoms with E-state index < -0.39 is 0 Å². The van der Waals surface area contributed by atoms with E-state index >= 15 is 0 Å². The maximum atomic E-state index is 4.56. The molecule has 1 heteroatoms. The van der Waals surface area contributed by atoms with Crippen molar-refractivity contribution in [1.29, 1.82) is 0 Å². The third kappa shape index (κ3) is 1.63. The summed E-state index contributed by atoms with van der Waals surface area (Å²) >= 11 is 4.56. The zero-order valence-electron chi connectivity index (χ0n) is 11.0. The Labute approximate surface area is 123 Å². The molecule has 0 saturated heterocycles. The lowest BCUT2D eigenvalue weighted by Crippen LogP contribution is -1.87. The van der Waals surface area contributed by atoms with Gasteiger partial charge in [-0.15, -0.1) is 0 Å². The van der Waals surface area contributed by atoms with Gasteiger partial charge < -0.3 is 0 Å². The Morgan fingerprint density at radius 1 is 0.600 bits per heavy atom. The molecule has 4 aromatic rings. The molecule has 0 aliphatic heterocycles. The highest BCUT2D eigenvalue weighted by Crippen LogP contribution is 2.33. The molecule has 0 nitrogen and oxygen atoms in total. The summed E-state index contributed by atoms with van der Waals surface area (Å²) in [5, 5.41) is 7.85. The van der Waals surface area contributed by atoms with Crippen molar-refractivity contribution < 1.29 is 0 Å². The highest BCUT2D eigenvalue weighted by atomic mass is 32.1. The number of hydrogen-bond donors (Lipinski definition) is 1. The zero-order valence-corrected chi connectivity index (χ0v) is 11.9. The van der Waals surface area contributed by atoms with Crippen LogP contribution in [0.4, 0.5) is 0 Å². The van der Waals surface area contributed by atoms with Gasteiger partial charge in [0.2, 0.25) is 0 Å². The predicted molar refractivity (Wildman–Crippen MR) is 91.7 cm³/mol. The number of thiol groups is 1. The van der Waals surface area contributed by atoms with Crippen molar-refractivity contribution >= 4 is 44.9 Å². The molecular weight excluding hydrogens is 260 g/mol. The van der Waals surface area contributed by atoms with Gasteiger partial charge in [-0.2, -0.15) is 12.6 Å². The highest BCUT2D eigenvalue weighted by Gasteiger charge is 2.08. The highest BCUT2D eigenvalue weighted by molar-refractivity contribution is 7.79. The second-order valence-electron chi connectivity index (χ2n) is 5.12. The largest absolute Gasteiger partial charge is 0.175 e. The number of benzene rings is 4. The summed E-state index contributed by atoms with van der Waals surface area (Å²) in [5.74, 6) is 0.760. The minimum atomic E-state index is 0.760. The molecule has 0 fully saturated rings. The minimum Gasteiger partial charge on any atom is -0.175 e. The fourth-order valence-corrected chi connectivity index (χ4v) is 3.42. The van der Waals surface area contributed by atoms with Crippen LogP contribution >= 0.6 is 12.6 Å². The molecule has 0 N–H and O–H groups in total. The summed E-state index contributed by atoms with van der Waals surface area (Å²) in [6.07, 6.45) is 0. The lowest BCUT2D eigenvalue weighted by atomic mass is 9.94. The summed E-state index contributed by atoms with van der Waals surface area (Å²) in [5.41, 5.74) is 1.33. The van der Waals surface area contributed by atoms with Crippen LogP contribution < -0.4 is 0 Å². The molecule has 20 heavy (non-hydrogen) atoms. The molecule has 0 spiro atoms. The van der Waals surface area contributed by atoms with Gasteiger partial charge in [0.15, 0.2) is 0 Å². The van der Waals surface area contributed by atoms with Crippen LogP contribution in [0.25, 0.3) is 32.3 Å². The van der Waals surface area contributed by atoms with Gasteiger partial charge in [0.1, 0.15) is 0 Å². The lowest BCUT2D eigenvalue weighted by molar-refractivity contribution is 1.53. The lowest BCUT2D eigenvalue weighted by Gasteiger charge is -2.11. The van der Waals surface area contributed by atoms with E-state index in [0.717, 1.165) is 5.75 Å². The molecule has 0 atom stereocenters. The fraction of sp³-hybridized carbons (Fsp3) is 0.0526. The molecule has 0 aromatic heterocycles. The molecule has 0 aliphatic carbocycles. The van der Waals surface area contributed by atoms with Crippen LogP contribution in [0.2, 0.25) is 0 Å². The normalized spacial score (nSPS) is 11.4. The van der Waals surface area contributed by atoms with Crippen molar-refractivity contribution in [3.05, 3.63) is 72.3 Å². The van der Waals surface area contributed by atoms with Gasteiger partial charge in [0.05, 0.1) is 0 Å². The average Bonchev–Trinajstić information content (AvgIpc) is 2.52. The number of rotatable bonds is 1. The van der Waals surface area contributed by atoms with Crippen LogP contribution in [0.3, 0.4) is 0 Å². The summed E-state index contributed by atoms with van der Waals surface area (Å²) in [7, 11) is 0. The van der Waals surface area contributed by atoms with E-state index in [1.807, 2.05) is 0 Å². The second kappa shape index (κ2) is 4.53. The van der Waals surface area contributed by atoms with Gasteiger partial charge in [-0.1, -0.05) is 60.7 Å². The Morgan fingerprint density at radius 2 is 1.30 bits per heavy atom. The summed E-state index contributed by atoms with van der Waals surface area (Å²) in [6, 6.07) is 23.9. The van der Waals surface area contributed by atoms with Crippen molar-refractivity contribution in [2.24, 2.45) is 0 Å². The van der Waals surface area contributed by atoms with Crippen LogP contribution in [0.5, 0.6) is 0 Å². The molecule has 0 bridgehead atoms. The van der Waals surface area contributed by atoms with Crippen molar-refractivity contribution in [1.82, 2.24) is 0 Å². The third-order valence-electron chi connectivity index (χ3n) is 4.04. The third-order valence-corrected chi connectivity index (χ3v) is 4.36. The van der Waals surface area contributed by atoms with E-state index in [1.54, 1.807) is 0 Å². The first-order valence-electron chi connectivity index (χ1n) is 6.81. The fourth-order valence-electron chi connectivity index (χ4n) is 3.08. The summed E-state index contributed by atoms with van der Waals surface area (Å²) in [6.45, 7) is 0. The maximum Gasteiger partial charge on any atom is 0.0166 e. The summed E-state index contributed by atoms with van der Waals surface area (Å²) < 4.78 is 0. The molecule has 0 aliphatic rings. The van der Waals surface area contributed by atoms with Gasteiger partial charge in [0.25, 0.3) is 0 Å². The van der Waals surface area contributed by atoms with Crippen molar-refractivity contribution in [2.75, 3.05) is 0 Å². The molecule has 0 amide bonds. The molecule has 0 saturated carbocycles. The van der Waals surface area contributed by atoms with E-state index in [1.165, 1.54) is 37.9 Å². The van der Waals surface area contributed by atoms with Gasteiger partial charge in [-0.05, 0) is 43.9 Å². The zero-order chi connectivity index (χ0) is 13.5. The Kier molecular flexibility index (Phi) is 2.68. The van der Waals surface area contributed by atoms with Crippen LogP contribution in [0.1, 0.15) is 5.56 Å². The molecular formula is C19H14S. The van der Waals surface area contributed by atoms with E-state index in [0.29, 0.717) is 0 Å². The van der Waals surface area contributed by atoms with Crippen molar-refractivity contribution in [3.8, 4) is 0 Å². The van der Waals surface area contributed by atoms with Crippen LogP contribution in [0.15, 0.2) is 66.7 Å². The van der Waals surface area contributed by atoms with Gasteiger partial charge in [-0.25, -0.2) is 0 Å². The van der Waals surface area contributed by atoms with E-state index in [4.69, 9.17) is 0 Å². The van der Waals surface area contributed by atoms with E-state index in [-0.39, 0.29) is 0 Å². The van der Waals surface area contributed by atoms with Crippen LogP contribution in [0, 0.1) is 0 Å². The quantitative estimate of drug-likeness (QED) is 0.261. The standard InChI is InChI=1S/C19H14S/c20-12-19-16-8-4-2-6-14(16)11-18-15-7-3-1-5-13(15)9-10-17(18)19/h1-11,20H,12H2. The molecule has 0 radical (unpaired) electrons. The number of fused-ring (bicyclic) bond motifs is 4. The second-order valence-corrected chi connectivity index (χ2v) is 5.43. The minimum absolute atomic E-state index is 0.760. The first-order chi connectivity index (χ1) is 9.88. The molecule has 0 unspecified atom stereocenters. The number of hydrogen-bond acceptors (Lipinski definition) is 1. The first-order valence-corrected chi connectivity index (χ1v) is 7.44. The van der Waals surface area contributed by atoms with Crippen LogP contribution in [-0.2, 0) is 5.75 Å². The Balaban J connectivity index is 2.30. The van der Waals surface area contributed by atoms with Crippen LogP contribution in [-0.4, -0.2) is 0 Å². The Bertz CT molecular complexity index is 938.